The van der Waals surface area contributed by atoms with E-state index in [2.05, 4.69) is 20.2 Å². The van der Waals surface area contributed by atoms with E-state index in [4.69, 9.17) is 10.8 Å². The van der Waals surface area contributed by atoms with Gasteiger partial charge in [0.25, 0.3) is 0 Å². The Morgan fingerprint density at radius 3 is 3.14 bits per heavy atom. The fraction of sp³-hybridized carbons (Fsp3) is 0.286. The highest BCUT2D eigenvalue weighted by atomic mass is 32.2. The van der Waals surface area contributed by atoms with Crippen LogP contribution in [-0.2, 0) is 0 Å². The summed E-state index contributed by atoms with van der Waals surface area (Å²) in [5.74, 6) is 0.790. The van der Waals surface area contributed by atoms with Crippen molar-refractivity contribution in [1.29, 1.82) is 0 Å². The van der Waals surface area contributed by atoms with Gasteiger partial charge >= 0.3 is 0 Å². The Hall–Kier alpha value is -1.34. The summed E-state index contributed by atoms with van der Waals surface area (Å²) in [6, 6.07) is 0. The molecule has 0 fully saturated rings. The van der Waals surface area contributed by atoms with E-state index in [9.17, 15) is 0 Å². The molecule has 0 bridgehead atoms. The standard InChI is InChI=1S/C7H9N5OS/c8-7-10-5-4(3-9-12-5)6(11-7)14-2-1-13/h3,13H,1-2H2,(H3,8,9,10,11,12). The van der Waals surface area contributed by atoms with Crippen LogP contribution in [0.1, 0.15) is 0 Å². The van der Waals surface area contributed by atoms with Crippen LogP contribution >= 0.6 is 11.8 Å². The van der Waals surface area contributed by atoms with Crippen molar-refractivity contribution < 1.29 is 5.11 Å². The number of hydrogen-bond acceptors (Lipinski definition) is 6. The molecule has 0 aromatic carbocycles. The van der Waals surface area contributed by atoms with Gasteiger partial charge in [-0.15, -0.1) is 11.8 Å². The summed E-state index contributed by atoms with van der Waals surface area (Å²) in [6.45, 7) is 0.105. The third kappa shape index (κ3) is 1.64. The van der Waals surface area contributed by atoms with E-state index in [1.54, 1.807) is 6.20 Å². The van der Waals surface area contributed by atoms with Gasteiger partial charge < -0.3 is 10.8 Å². The van der Waals surface area contributed by atoms with Crippen LogP contribution < -0.4 is 5.73 Å². The molecule has 74 valence electrons. The number of aromatic amines is 1. The van der Waals surface area contributed by atoms with Crippen LogP contribution in [0.2, 0.25) is 0 Å². The number of fused-ring (bicyclic) bond motifs is 1. The number of rotatable bonds is 3. The Balaban J connectivity index is 2.44. The molecule has 14 heavy (non-hydrogen) atoms. The molecule has 2 aromatic heterocycles. The molecule has 0 unspecified atom stereocenters. The third-order valence-electron chi connectivity index (χ3n) is 1.62. The number of nitrogen functional groups attached to an aromatic ring is 1. The topological polar surface area (TPSA) is 101 Å². The number of nitrogens with two attached hydrogens (primary N) is 1. The van der Waals surface area contributed by atoms with Crippen molar-refractivity contribution in [2.24, 2.45) is 0 Å². The van der Waals surface area contributed by atoms with Gasteiger partial charge in [0.05, 0.1) is 18.2 Å². The van der Waals surface area contributed by atoms with Crippen LogP contribution in [0.3, 0.4) is 0 Å². The second-order valence-corrected chi connectivity index (χ2v) is 3.67. The summed E-state index contributed by atoms with van der Waals surface area (Å²) in [4.78, 5) is 8.05. The molecule has 2 aromatic rings. The molecule has 0 aliphatic heterocycles. The number of H-pyrrole nitrogens is 1. The molecule has 0 radical (unpaired) electrons. The molecule has 0 saturated heterocycles. The summed E-state index contributed by atoms with van der Waals surface area (Å²) in [5, 5.41) is 16.8. The lowest BCUT2D eigenvalue weighted by Gasteiger charge is -2.00. The lowest BCUT2D eigenvalue weighted by Crippen LogP contribution is -1.97. The van der Waals surface area contributed by atoms with Gasteiger partial charge in [-0.2, -0.15) is 10.1 Å². The first kappa shape index (κ1) is 9.22. The minimum absolute atomic E-state index is 0.105. The van der Waals surface area contributed by atoms with E-state index in [0.717, 1.165) is 10.4 Å². The molecule has 0 aliphatic rings. The average molecular weight is 211 g/mol. The van der Waals surface area contributed by atoms with Gasteiger partial charge in [-0.3, -0.25) is 5.10 Å². The maximum atomic E-state index is 8.70. The number of thioether (sulfide) groups is 1. The minimum atomic E-state index is 0.105. The number of nitrogens with zero attached hydrogens (tertiary/aromatic N) is 3. The fourth-order valence-corrected chi connectivity index (χ4v) is 1.82. The summed E-state index contributed by atoms with van der Waals surface area (Å²) < 4.78 is 0. The highest BCUT2D eigenvalue weighted by Crippen LogP contribution is 2.23. The summed E-state index contributed by atoms with van der Waals surface area (Å²) in [7, 11) is 0. The van der Waals surface area contributed by atoms with Crippen LogP contribution in [0, 0.1) is 0 Å². The van der Waals surface area contributed by atoms with Crippen molar-refractivity contribution in [2.75, 3.05) is 18.1 Å². The van der Waals surface area contributed by atoms with Gasteiger partial charge in [0.15, 0.2) is 5.65 Å². The summed E-state index contributed by atoms with van der Waals surface area (Å²) in [6.07, 6.45) is 1.65. The summed E-state index contributed by atoms with van der Waals surface area (Å²) >= 11 is 1.43. The molecule has 0 spiro atoms. The zero-order chi connectivity index (χ0) is 9.97. The Bertz CT molecular complexity index is 443. The number of nitrogens with one attached hydrogen (secondary N) is 1. The predicted molar refractivity (Wildman–Crippen MR) is 53.9 cm³/mol. The minimum Gasteiger partial charge on any atom is -0.396 e. The molecule has 6 nitrogen and oxygen atoms in total. The third-order valence-corrected chi connectivity index (χ3v) is 2.59. The van der Waals surface area contributed by atoms with Crippen molar-refractivity contribution in [3.8, 4) is 0 Å². The van der Waals surface area contributed by atoms with Gasteiger partial charge in [-0.1, -0.05) is 0 Å². The number of hydrogen-bond donors (Lipinski definition) is 3. The van der Waals surface area contributed by atoms with Gasteiger partial charge in [0, 0.05) is 5.75 Å². The predicted octanol–water partition coefficient (Wildman–Crippen LogP) is 0.0195. The average Bonchev–Trinajstić information content (AvgIpc) is 2.61. The molecule has 0 amide bonds. The van der Waals surface area contributed by atoms with Crippen molar-refractivity contribution in [2.45, 2.75) is 5.03 Å². The second kappa shape index (κ2) is 3.81. The van der Waals surface area contributed by atoms with Crippen LogP contribution in [0.4, 0.5) is 5.95 Å². The number of aliphatic hydroxyl groups excluding tert-OH is 1. The molecule has 2 heterocycles. The smallest absolute Gasteiger partial charge is 0.223 e. The van der Waals surface area contributed by atoms with Gasteiger partial charge in [0.2, 0.25) is 5.95 Å². The van der Waals surface area contributed by atoms with Crippen LogP contribution in [0.15, 0.2) is 11.2 Å². The lowest BCUT2D eigenvalue weighted by molar-refractivity contribution is 0.322. The van der Waals surface area contributed by atoms with E-state index in [-0.39, 0.29) is 12.6 Å². The SMILES string of the molecule is Nc1nc(SCCO)c2cn[nH]c2n1. The highest BCUT2D eigenvalue weighted by Gasteiger charge is 2.07. The Labute approximate surface area is 83.9 Å². The Morgan fingerprint density at radius 2 is 2.36 bits per heavy atom. The maximum Gasteiger partial charge on any atom is 0.223 e. The normalized spacial score (nSPS) is 10.9. The second-order valence-electron chi connectivity index (χ2n) is 2.59. The maximum absolute atomic E-state index is 8.70. The van der Waals surface area contributed by atoms with Crippen LogP contribution in [0.5, 0.6) is 0 Å². The van der Waals surface area contributed by atoms with Gasteiger partial charge in [0.1, 0.15) is 5.03 Å². The highest BCUT2D eigenvalue weighted by molar-refractivity contribution is 7.99. The quantitative estimate of drug-likeness (QED) is 0.488. The molecular formula is C7H9N5OS. The first-order valence-corrected chi connectivity index (χ1v) is 5.00. The Kier molecular flexibility index (Phi) is 2.51. The molecule has 2 rings (SSSR count). The van der Waals surface area contributed by atoms with E-state index in [0.29, 0.717) is 11.4 Å². The van der Waals surface area contributed by atoms with Crippen molar-refractivity contribution in [3.63, 3.8) is 0 Å². The van der Waals surface area contributed by atoms with Crippen LogP contribution in [-0.4, -0.2) is 37.6 Å². The zero-order valence-corrected chi connectivity index (χ0v) is 8.08. The first-order valence-electron chi connectivity index (χ1n) is 4.01. The Morgan fingerprint density at radius 1 is 1.50 bits per heavy atom. The number of anilines is 1. The summed E-state index contributed by atoms with van der Waals surface area (Å²) in [5.41, 5.74) is 6.13. The molecule has 0 atom stereocenters. The van der Waals surface area contributed by atoms with E-state index in [1.165, 1.54) is 11.8 Å². The number of aromatic nitrogens is 4. The van der Waals surface area contributed by atoms with Crippen molar-refractivity contribution in [3.05, 3.63) is 6.20 Å². The molecular weight excluding hydrogens is 202 g/mol. The largest absolute Gasteiger partial charge is 0.396 e. The monoisotopic (exact) mass is 211 g/mol. The number of aliphatic hydroxyl groups is 1. The molecule has 0 saturated carbocycles. The molecule has 4 N–H and O–H groups in total. The van der Waals surface area contributed by atoms with Crippen molar-refractivity contribution >= 4 is 28.7 Å². The zero-order valence-electron chi connectivity index (χ0n) is 7.27. The molecule has 0 aliphatic carbocycles. The molecule has 7 heteroatoms. The van der Waals surface area contributed by atoms with Gasteiger partial charge in [-0.05, 0) is 0 Å². The first-order chi connectivity index (χ1) is 6.81. The van der Waals surface area contributed by atoms with E-state index >= 15 is 0 Å². The van der Waals surface area contributed by atoms with Crippen molar-refractivity contribution in [1.82, 2.24) is 20.2 Å². The lowest BCUT2D eigenvalue weighted by atomic mass is 10.4. The van der Waals surface area contributed by atoms with Crippen LogP contribution in [0.25, 0.3) is 11.0 Å². The van der Waals surface area contributed by atoms with E-state index < -0.39 is 0 Å². The van der Waals surface area contributed by atoms with E-state index in [1.807, 2.05) is 0 Å². The van der Waals surface area contributed by atoms with Gasteiger partial charge in [-0.25, -0.2) is 4.98 Å². The fourth-order valence-electron chi connectivity index (χ4n) is 1.08.